The first-order valence-corrected chi connectivity index (χ1v) is 9.83. The molecular weight excluding hydrogens is 410 g/mol. The first kappa shape index (κ1) is 19.0. The Bertz CT molecular complexity index is 912. The lowest BCUT2D eigenvalue weighted by molar-refractivity contribution is -0.305. The van der Waals surface area contributed by atoms with E-state index in [-0.39, 0.29) is 4.32 Å². The van der Waals surface area contributed by atoms with Gasteiger partial charge in [-0.3, -0.25) is 9.69 Å². The number of halogens is 1. The smallest absolute Gasteiger partial charge is 0.266 e. The zero-order valence-electron chi connectivity index (χ0n) is 13.2. The largest absolute Gasteiger partial charge is 0.548 e. The van der Waals surface area contributed by atoms with Crippen molar-refractivity contribution in [3.8, 4) is 0 Å². The standard InChI is InChI=1S/C18H12ClNO3S3/c19-12-5-7-13(8-6-12)25-14-4-2-1-3-11(14)9-15-17(23)20(10-16(21)22)18(24)26-15/h1-9H,10H2,(H,21,22)/p-1/b15-9-. The highest BCUT2D eigenvalue weighted by atomic mass is 35.5. The van der Waals surface area contributed by atoms with Gasteiger partial charge in [0.2, 0.25) is 0 Å². The van der Waals surface area contributed by atoms with Gasteiger partial charge < -0.3 is 9.90 Å². The van der Waals surface area contributed by atoms with Gasteiger partial charge in [0, 0.05) is 14.8 Å². The van der Waals surface area contributed by atoms with Crippen LogP contribution in [-0.4, -0.2) is 27.6 Å². The van der Waals surface area contributed by atoms with Gasteiger partial charge in [0.1, 0.15) is 4.32 Å². The highest BCUT2D eigenvalue weighted by Crippen LogP contribution is 2.36. The van der Waals surface area contributed by atoms with Crippen LogP contribution in [0.3, 0.4) is 0 Å². The van der Waals surface area contributed by atoms with E-state index in [2.05, 4.69) is 0 Å². The first-order valence-electron chi connectivity index (χ1n) is 7.42. The van der Waals surface area contributed by atoms with Gasteiger partial charge in [0.05, 0.1) is 17.4 Å². The maximum atomic E-state index is 12.4. The minimum atomic E-state index is -1.35. The molecule has 0 spiro atoms. The van der Waals surface area contributed by atoms with E-state index in [1.54, 1.807) is 17.8 Å². The van der Waals surface area contributed by atoms with Crippen LogP contribution in [0.1, 0.15) is 5.56 Å². The Hall–Kier alpha value is -1.80. The number of hydrogen-bond acceptors (Lipinski definition) is 6. The average Bonchev–Trinajstić information content (AvgIpc) is 2.86. The molecular formula is C18H11ClNO3S3-. The number of rotatable bonds is 5. The van der Waals surface area contributed by atoms with Gasteiger partial charge in [0.15, 0.2) is 0 Å². The second-order valence-corrected chi connectivity index (χ2v) is 8.46. The van der Waals surface area contributed by atoms with Crippen LogP contribution in [-0.2, 0) is 9.59 Å². The number of hydrogen-bond donors (Lipinski definition) is 0. The number of thioether (sulfide) groups is 1. The summed E-state index contributed by atoms with van der Waals surface area (Å²) < 4.78 is 0.216. The molecule has 3 rings (SSSR count). The topological polar surface area (TPSA) is 60.4 Å². The minimum Gasteiger partial charge on any atom is -0.548 e. The van der Waals surface area contributed by atoms with Gasteiger partial charge in [-0.2, -0.15) is 0 Å². The van der Waals surface area contributed by atoms with Crippen molar-refractivity contribution in [1.82, 2.24) is 4.90 Å². The molecule has 0 atom stereocenters. The SMILES string of the molecule is O=C([O-])CN1C(=O)/C(=C/c2ccccc2Sc2ccc(Cl)cc2)SC1=S. The molecule has 4 nitrogen and oxygen atoms in total. The number of carboxylic acids is 1. The third-order valence-corrected chi connectivity index (χ3v) is 6.14. The summed E-state index contributed by atoms with van der Waals surface area (Å²) in [6.45, 7) is -0.539. The third kappa shape index (κ3) is 4.48. The Morgan fingerprint density at radius 2 is 1.92 bits per heavy atom. The van der Waals surface area contributed by atoms with E-state index in [4.69, 9.17) is 23.8 Å². The number of benzene rings is 2. The molecule has 2 aromatic carbocycles. The van der Waals surface area contributed by atoms with E-state index in [9.17, 15) is 14.7 Å². The van der Waals surface area contributed by atoms with E-state index < -0.39 is 18.4 Å². The molecule has 1 saturated heterocycles. The van der Waals surface area contributed by atoms with Crippen LogP contribution in [0.4, 0.5) is 0 Å². The van der Waals surface area contributed by atoms with E-state index >= 15 is 0 Å². The van der Waals surface area contributed by atoms with Gasteiger partial charge in [-0.1, -0.05) is 65.5 Å². The van der Waals surface area contributed by atoms with Gasteiger partial charge in [-0.15, -0.1) is 0 Å². The van der Waals surface area contributed by atoms with Crippen LogP contribution in [0.5, 0.6) is 0 Å². The summed E-state index contributed by atoms with van der Waals surface area (Å²) in [5.41, 5.74) is 0.849. The normalized spacial score (nSPS) is 15.7. The molecule has 1 amide bonds. The molecule has 0 aliphatic carbocycles. The van der Waals surface area contributed by atoms with E-state index in [0.29, 0.717) is 9.93 Å². The van der Waals surface area contributed by atoms with Crippen LogP contribution in [0, 0.1) is 0 Å². The summed E-state index contributed by atoms with van der Waals surface area (Å²) in [6.07, 6.45) is 1.73. The van der Waals surface area contributed by atoms with Crippen molar-refractivity contribution in [3.63, 3.8) is 0 Å². The number of nitrogens with zero attached hydrogens (tertiary/aromatic N) is 1. The molecule has 1 fully saturated rings. The number of thiocarbonyl (C=S) groups is 1. The summed E-state index contributed by atoms with van der Waals surface area (Å²) in [6, 6.07) is 15.1. The number of carbonyl (C=O) groups excluding carboxylic acids is 2. The third-order valence-electron chi connectivity index (χ3n) is 3.41. The second kappa shape index (κ2) is 8.26. The van der Waals surface area contributed by atoms with Crippen molar-refractivity contribution >= 4 is 69.6 Å². The molecule has 0 saturated carbocycles. The van der Waals surface area contributed by atoms with Gasteiger partial charge in [-0.05, 0) is 42.0 Å². The van der Waals surface area contributed by atoms with Gasteiger partial charge >= 0.3 is 0 Å². The molecule has 2 aromatic rings. The Morgan fingerprint density at radius 3 is 2.62 bits per heavy atom. The maximum absolute atomic E-state index is 12.4. The molecule has 1 aliphatic rings. The molecule has 0 aromatic heterocycles. The average molecular weight is 421 g/mol. The van der Waals surface area contributed by atoms with Crippen LogP contribution in [0.25, 0.3) is 6.08 Å². The fourth-order valence-corrected chi connectivity index (χ4v) is 4.52. The number of carbonyl (C=O) groups is 2. The summed E-state index contributed by atoms with van der Waals surface area (Å²) >= 11 is 13.6. The Kier molecular flexibility index (Phi) is 6.03. The lowest BCUT2D eigenvalue weighted by Crippen LogP contribution is -2.40. The van der Waals surface area contributed by atoms with Crippen molar-refractivity contribution in [2.75, 3.05) is 6.54 Å². The number of amides is 1. The van der Waals surface area contributed by atoms with Crippen LogP contribution < -0.4 is 5.11 Å². The fraction of sp³-hybridized carbons (Fsp3) is 0.0556. The summed E-state index contributed by atoms with van der Waals surface area (Å²) in [4.78, 5) is 26.6. The zero-order chi connectivity index (χ0) is 18.7. The molecule has 1 heterocycles. The van der Waals surface area contributed by atoms with Crippen molar-refractivity contribution in [1.29, 1.82) is 0 Å². The molecule has 0 radical (unpaired) electrons. The second-order valence-electron chi connectivity index (χ2n) is 5.23. The van der Waals surface area contributed by atoms with Crippen molar-refractivity contribution in [3.05, 3.63) is 64.0 Å². The summed E-state index contributed by atoms with van der Waals surface area (Å²) in [7, 11) is 0. The predicted octanol–water partition coefficient (Wildman–Crippen LogP) is 3.44. The molecule has 0 N–H and O–H groups in total. The Balaban J connectivity index is 1.87. The van der Waals surface area contributed by atoms with Crippen LogP contribution >= 0.6 is 47.3 Å². The summed E-state index contributed by atoms with van der Waals surface area (Å²) in [5, 5.41) is 11.5. The molecule has 26 heavy (non-hydrogen) atoms. The van der Waals surface area contributed by atoms with Crippen molar-refractivity contribution in [2.24, 2.45) is 0 Å². The molecule has 132 valence electrons. The zero-order valence-corrected chi connectivity index (χ0v) is 16.4. The molecule has 0 bridgehead atoms. The highest BCUT2D eigenvalue weighted by molar-refractivity contribution is 8.26. The van der Waals surface area contributed by atoms with E-state index in [1.165, 1.54) is 0 Å². The van der Waals surface area contributed by atoms with Crippen LogP contribution in [0.2, 0.25) is 5.02 Å². The van der Waals surface area contributed by atoms with E-state index in [0.717, 1.165) is 32.0 Å². The first-order chi connectivity index (χ1) is 12.4. The molecule has 1 aliphatic heterocycles. The van der Waals surface area contributed by atoms with Gasteiger partial charge in [0.25, 0.3) is 5.91 Å². The predicted molar refractivity (Wildman–Crippen MR) is 107 cm³/mol. The van der Waals surface area contributed by atoms with Crippen molar-refractivity contribution in [2.45, 2.75) is 9.79 Å². The number of carboxylic acid groups (broad SMARTS) is 1. The maximum Gasteiger partial charge on any atom is 0.266 e. The van der Waals surface area contributed by atoms with E-state index in [1.807, 2.05) is 48.5 Å². The Labute approximate surface area is 169 Å². The van der Waals surface area contributed by atoms with Crippen molar-refractivity contribution < 1.29 is 14.7 Å². The minimum absolute atomic E-state index is 0.216. The van der Waals surface area contributed by atoms with Gasteiger partial charge in [-0.25, -0.2) is 0 Å². The lowest BCUT2D eigenvalue weighted by atomic mass is 10.2. The lowest BCUT2D eigenvalue weighted by Gasteiger charge is -2.14. The quantitative estimate of drug-likeness (QED) is 0.545. The fourth-order valence-electron chi connectivity index (χ4n) is 2.23. The molecule has 8 heteroatoms. The monoisotopic (exact) mass is 420 g/mol. The Morgan fingerprint density at radius 1 is 1.23 bits per heavy atom. The number of aliphatic carboxylic acids is 1. The summed E-state index contributed by atoms with van der Waals surface area (Å²) in [5.74, 6) is -1.77. The van der Waals surface area contributed by atoms with Crippen LogP contribution in [0.15, 0.2) is 63.2 Å². The molecule has 0 unspecified atom stereocenters. The highest BCUT2D eigenvalue weighted by Gasteiger charge is 2.32.